The van der Waals surface area contributed by atoms with Gasteiger partial charge in [0.2, 0.25) is 5.89 Å². The zero-order chi connectivity index (χ0) is 13.3. The molecule has 0 unspecified atom stereocenters. The van der Waals surface area contributed by atoms with Crippen LogP contribution in [0.1, 0.15) is 31.5 Å². The summed E-state index contributed by atoms with van der Waals surface area (Å²) in [6.07, 6.45) is 1.40. The molecule has 0 bridgehead atoms. The summed E-state index contributed by atoms with van der Waals surface area (Å²) in [7, 11) is 0. The van der Waals surface area contributed by atoms with Crippen molar-refractivity contribution in [3.05, 3.63) is 43.2 Å². The number of rotatable bonds is 3. The molecule has 18 heavy (non-hydrogen) atoms. The van der Waals surface area contributed by atoms with E-state index < -0.39 is 11.2 Å². The molecule has 0 aliphatic rings. The van der Waals surface area contributed by atoms with Crippen molar-refractivity contribution in [1.82, 2.24) is 19.7 Å². The van der Waals surface area contributed by atoms with Gasteiger partial charge in [-0.1, -0.05) is 19.0 Å². The van der Waals surface area contributed by atoms with Gasteiger partial charge in [0.15, 0.2) is 5.82 Å². The highest BCUT2D eigenvalue weighted by Gasteiger charge is 2.11. The maximum atomic E-state index is 11.5. The number of aromatic amines is 1. The molecule has 2 rings (SSSR count). The van der Waals surface area contributed by atoms with Crippen LogP contribution >= 0.6 is 15.9 Å². The summed E-state index contributed by atoms with van der Waals surface area (Å²) in [5, 5.41) is 3.77. The molecule has 0 aliphatic heterocycles. The monoisotopic (exact) mass is 314 g/mol. The molecule has 1 N–H and O–H groups in total. The average Bonchev–Trinajstić information content (AvgIpc) is 2.74. The predicted octanol–water partition coefficient (Wildman–Crippen LogP) is 0.854. The molecule has 0 aromatic carbocycles. The molecule has 2 aromatic heterocycles. The van der Waals surface area contributed by atoms with Crippen LogP contribution in [-0.4, -0.2) is 19.7 Å². The van der Waals surface area contributed by atoms with E-state index in [-0.39, 0.29) is 16.9 Å². The minimum atomic E-state index is -0.515. The Balaban J connectivity index is 2.31. The van der Waals surface area contributed by atoms with Gasteiger partial charge in [-0.2, -0.15) is 4.98 Å². The second kappa shape index (κ2) is 4.89. The molecule has 0 saturated carbocycles. The van der Waals surface area contributed by atoms with Crippen molar-refractivity contribution in [2.75, 3.05) is 0 Å². The van der Waals surface area contributed by atoms with E-state index in [1.54, 1.807) is 0 Å². The third-order valence-electron chi connectivity index (χ3n) is 2.26. The fraction of sp³-hybridized carbons (Fsp3) is 0.400. The number of halogens is 1. The van der Waals surface area contributed by atoms with Gasteiger partial charge in [0, 0.05) is 12.1 Å². The highest BCUT2D eigenvalue weighted by molar-refractivity contribution is 9.10. The van der Waals surface area contributed by atoms with E-state index in [2.05, 4.69) is 31.1 Å². The molecular formula is C10H11BrN4O3. The quantitative estimate of drug-likeness (QED) is 0.906. The number of aromatic nitrogens is 4. The van der Waals surface area contributed by atoms with E-state index in [9.17, 15) is 9.59 Å². The normalized spacial score (nSPS) is 11.1. The number of nitrogens with zero attached hydrogens (tertiary/aromatic N) is 3. The van der Waals surface area contributed by atoms with Crippen LogP contribution < -0.4 is 11.2 Å². The third kappa shape index (κ3) is 2.58. The third-order valence-corrected chi connectivity index (χ3v) is 2.82. The Morgan fingerprint density at radius 2 is 2.22 bits per heavy atom. The van der Waals surface area contributed by atoms with Crippen LogP contribution in [0.15, 0.2) is 24.8 Å². The first-order chi connectivity index (χ1) is 8.47. The van der Waals surface area contributed by atoms with E-state index in [0.29, 0.717) is 11.7 Å². The van der Waals surface area contributed by atoms with Crippen LogP contribution in [0.4, 0.5) is 0 Å². The minimum absolute atomic E-state index is 0.130. The molecule has 2 heterocycles. The van der Waals surface area contributed by atoms with Gasteiger partial charge < -0.3 is 4.52 Å². The predicted molar refractivity (Wildman–Crippen MR) is 66.5 cm³/mol. The lowest BCUT2D eigenvalue weighted by atomic mass is 10.2. The Labute approximate surface area is 110 Å². The first kappa shape index (κ1) is 12.7. The van der Waals surface area contributed by atoms with Crippen LogP contribution in [0.2, 0.25) is 0 Å². The molecule has 96 valence electrons. The number of hydrogen-bond acceptors (Lipinski definition) is 5. The van der Waals surface area contributed by atoms with Crippen LogP contribution in [0.25, 0.3) is 0 Å². The van der Waals surface area contributed by atoms with Gasteiger partial charge >= 0.3 is 5.69 Å². The topological polar surface area (TPSA) is 93.8 Å². The number of nitrogens with one attached hydrogen (secondary N) is 1. The fourth-order valence-corrected chi connectivity index (χ4v) is 1.67. The molecule has 0 fully saturated rings. The first-order valence-electron chi connectivity index (χ1n) is 5.29. The van der Waals surface area contributed by atoms with E-state index in [4.69, 9.17) is 4.52 Å². The van der Waals surface area contributed by atoms with E-state index >= 15 is 0 Å². The Morgan fingerprint density at radius 3 is 2.83 bits per heavy atom. The van der Waals surface area contributed by atoms with Crippen LogP contribution in [0.5, 0.6) is 0 Å². The van der Waals surface area contributed by atoms with Crippen LogP contribution in [-0.2, 0) is 6.54 Å². The highest BCUT2D eigenvalue weighted by Crippen LogP contribution is 2.11. The molecule has 7 nitrogen and oxygen atoms in total. The second-order valence-electron chi connectivity index (χ2n) is 4.07. The van der Waals surface area contributed by atoms with Gasteiger partial charge in [0.25, 0.3) is 5.56 Å². The molecule has 0 spiro atoms. The number of H-pyrrole nitrogens is 1. The molecule has 0 aliphatic carbocycles. The summed E-state index contributed by atoms with van der Waals surface area (Å²) < 4.78 is 6.60. The van der Waals surface area contributed by atoms with Gasteiger partial charge in [-0.3, -0.25) is 14.3 Å². The van der Waals surface area contributed by atoms with Gasteiger partial charge in [-0.05, 0) is 15.9 Å². The van der Waals surface area contributed by atoms with Crippen LogP contribution in [0.3, 0.4) is 0 Å². The summed E-state index contributed by atoms with van der Waals surface area (Å²) in [4.78, 5) is 29.0. The molecule has 0 radical (unpaired) electrons. The highest BCUT2D eigenvalue weighted by atomic mass is 79.9. The van der Waals surface area contributed by atoms with Crippen molar-refractivity contribution in [3.63, 3.8) is 0 Å². The summed E-state index contributed by atoms with van der Waals surface area (Å²) in [6, 6.07) is 0. The Kier molecular flexibility index (Phi) is 3.46. The zero-order valence-electron chi connectivity index (χ0n) is 9.81. The van der Waals surface area contributed by atoms with Gasteiger partial charge in [0.1, 0.15) is 0 Å². The summed E-state index contributed by atoms with van der Waals surface area (Å²) >= 11 is 3.05. The first-order valence-corrected chi connectivity index (χ1v) is 6.08. The fourth-order valence-electron chi connectivity index (χ4n) is 1.32. The second-order valence-corrected chi connectivity index (χ2v) is 4.92. The largest absolute Gasteiger partial charge is 0.339 e. The maximum Gasteiger partial charge on any atom is 0.328 e. The van der Waals surface area contributed by atoms with Gasteiger partial charge in [-0.25, -0.2) is 4.79 Å². The molecule has 8 heteroatoms. The average molecular weight is 315 g/mol. The van der Waals surface area contributed by atoms with Crippen molar-refractivity contribution in [1.29, 1.82) is 0 Å². The Bertz CT molecular complexity index is 670. The summed E-state index contributed by atoms with van der Waals surface area (Å²) in [5.41, 5.74) is -0.980. The molecule has 0 atom stereocenters. The lowest BCUT2D eigenvalue weighted by Gasteiger charge is -2.01. The van der Waals surface area contributed by atoms with Crippen molar-refractivity contribution in [2.24, 2.45) is 0 Å². The van der Waals surface area contributed by atoms with E-state index in [1.165, 1.54) is 10.8 Å². The molecular weight excluding hydrogens is 304 g/mol. The van der Waals surface area contributed by atoms with Crippen molar-refractivity contribution in [3.8, 4) is 0 Å². The lowest BCUT2D eigenvalue weighted by Crippen LogP contribution is -2.30. The molecule has 0 amide bonds. The van der Waals surface area contributed by atoms with E-state index in [1.807, 2.05) is 13.8 Å². The molecule has 2 aromatic rings. The van der Waals surface area contributed by atoms with Crippen molar-refractivity contribution < 1.29 is 4.52 Å². The lowest BCUT2D eigenvalue weighted by molar-refractivity contribution is 0.359. The summed E-state index contributed by atoms with van der Waals surface area (Å²) in [5.74, 6) is 1.03. The Hall–Kier alpha value is -1.70. The zero-order valence-corrected chi connectivity index (χ0v) is 11.4. The standard InChI is InChI=1S/C10H11BrN4O3/c1-5(2)9-12-7(14-18-9)4-15-3-6(11)8(16)13-10(15)17/h3,5H,4H2,1-2H3,(H,13,16,17). The van der Waals surface area contributed by atoms with Crippen LogP contribution in [0, 0.1) is 0 Å². The smallest absolute Gasteiger partial charge is 0.328 e. The van der Waals surface area contributed by atoms with E-state index in [0.717, 1.165) is 0 Å². The molecule has 0 saturated heterocycles. The van der Waals surface area contributed by atoms with Gasteiger partial charge in [0.05, 0.1) is 11.0 Å². The van der Waals surface area contributed by atoms with Gasteiger partial charge in [-0.15, -0.1) is 0 Å². The van der Waals surface area contributed by atoms with Crippen molar-refractivity contribution >= 4 is 15.9 Å². The Morgan fingerprint density at radius 1 is 1.50 bits per heavy atom. The summed E-state index contributed by atoms with van der Waals surface area (Å²) in [6.45, 7) is 4.00. The maximum absolute atomic E-state index is 11.5. The minimum Gasteiger partial charge on any atom is -0.339 e. The number of hydrogen-bond donors (Lipinski definition) is 1. The SMILES string of the molecule is CC(C)c1nc(Cn2cc(Br)c(=O)[nH]c2=O)no1. The van der Waals surface area contributed by atoms with Crippen molar-refractivity contribution in [2.45, 2.75) is 26.3 Å².